The zero-order valence-corrected chi connectivity index (χ0v) is 17.5. The Morgan fingerprint density at radius 1 is 1.23 bits per heavy atom. The molecule has 0 spiro atoms. The molecule has 2 saturated heterocycles. The fourth-order valence-corrected chi connectivity index (χ4v) is 4.19. The first-order chi connectivity index (χ1) is 14.6. The van der Waals surface area contributed by atoms with Crippen LogP contribution >= 0.6 is 0 Å². The topological polar surface area (TPSA) is 92.6 Å². The molecule has 0 aliphatic carbocycles. The lowest BCUT2D eigenvalue weighted by atomic mass is 9.96. The third-order valence-electron chi connectivity index (χ3n) is 6.03. The number of nitrogens with one attached hydrogen (secondary N) is 1. The number of carbonyl (C=O) groups excluding carboxylic acids is 1. The molecular weight excluding hydrogens is 384 g/mol. The predicted molar refractivity (Wildman–Crippen MR) is 115 cm³/mol. The molecule has 0 radical (unpaired) electrons. The van der Waals surface area contributed by atoms with E-state index in [0.717, 1.165) is 52.1 Å². The predicted octanol–water partition coefficient (Wildman–Crippen LogP) is 0.383. The molecule has 0 saturated carbocycles. The molecule has 4 rings (SSSR count). The van der Waals surface area contributed by atoms with Crippen molar-refractivity contribution >= 4 is 22.9 Å². The normalized spacial score (nSPS) is 18.6. The molecule has 2 fully saturated rings. The summed E-state index contributed by atoms with van der Waals surface area (Å²) < 4.78 is 6.90. The highest BCUT2D eigenvalue weighted by atomic mass is 16.5. The molecule has 4 heterocycles. The second-order valence-corrected chi connectivity index (χ2v) is 8.01. The first kappa shape index (κ1) is 20.7. The lowest BCUT2D eigenvalue weighted by molar-refractivity contribution is -0.125. The highest BCUT2D eigenvalue weighted by Crippen LogP contribution is 2.21. The Hall–Kier alpha value is -2.52. The summed E-state index contributed by atoms with van der Waals surface area (Å²) in [6.45, 7) is 6.56. The van der Waals surface area contributed by atoms with Gasteiger partial charge in [0.05, 0.1) is 13.2 Å². The van der Waals surface area contributed by atoms with Gasteiger partial charge in [0.25, 0.3) is 5.56 Å². The van der Waals surface area contributed by atoms with Crippen molar-refractivity contribution in [2.45, 2.75) is 19.3 Å². The third kappa shape index (κ3) is 4.62. The Morgan fingerprint density at radius 2 is 2.00 bits per heavy atom. The highest BCUT2D eigenvalue weighted by Gasteiger charge is 2.27. The molecule has 0 unspecified atom stereocenters. The molecule has 0 aromatic carbocycles. The first-order valence-corrected chi connectivity index (χ1v) is 10.8. The third-order valence-corrected chi connectivity index (χ3v) is 6.03. The van der Waals surface area contributed by atoms with Crippen LogP contribution in [0.1, 0.15) is 19.3 Å². The maximum Gasteiger partial charge on any atom is 0.294 e. The first-order valence-electron chi connectivity index (χ1n) is 10.8. The van der Waals surface area contributed by atoms with Crippen molar-refractivity contribution < 1.29 is 9.53 Å². The fraction of sp³-hybridized carbons (Fsp3) is 0.619. The van der Waals surface area contributed by atoms with Gasteiger partial charge in [-0.05, 0) is 37.9 Å². The van der Waals surface area contributed by atoms with Crippen LogP contribution in [0.25, 0.3) is 11.2 Å². The van der Waals surface area contributed by atoms with Crippen molar-refractivity contribution in [3.8, 4) is 0 Å². The molecule has 9 nitrogen and oxygen atoms in total. The van der Waals surface area contributed by atoms with Crippen molar-refractivity contribution in [1.82, 2.24) is 24.8 Å². The van der Waals surface area contributed by atoms with Crippen LogP contribution in [-0.2, 0) is 16.6 Å². The number of aryl methyl sites for hydroxylation is 1. The summed E-state index contributed by atoms with van der Waals surface area (Å²) in [5.41, 5.74) is 1.14. The van der Waals surface area contributed by atoms with Crippen molar-refractivity contribution in [1.29, 1.82) is 0 Å². The van der Waals surface area contributed by atoms with Crippen LogP contribution in [-0.4, -0.2) is 77.8 Å². The van der Waals surface area contributed by atoms with Gasteiger partial charge >= 0.3 is 0 Å². The highest BCUT2D eigenvalue weighted by molar-refractivity contribution is 5.79. The van der Waals surface area contributed by atoms with Crippen LogP contribution in [0.2, 0.25) is 0 Å². The van der Waals surface area contributed by atoms with Crippen LogP contribution in [0.15, 0.2) is 23.1 Å². The Balaban J connectivity index is 1.27. The zero-order valence-electron chi connectivity index (χ0n) is 17.5. The van der Waals surface area contributed by atoms with Gasteiger partial charge in [-0.15, -0.1) is 0 Å². The summed E-state index contributed by atoms with van der Waals surface area (Å²) in [5, 5.41) is 3.09. The van der Waals surface area contributed by atoms with Crippen LogP contribution in [0.4, 0.5) is 5.82 Å². The Kier molecular flexibility index (Phi) is 6.59. The number of piperidine rings is 1. The summed E-state index contributed by atoms with van der Waals surface area (Å²) >= 11 is 0. The molecule has 2 aliphatic rings. The molecule has 30 heavy (non-hydrogen) atoms. The lowest BCUT2D eigenvalue weighted by Gasteiger charge is -2.32. The van der Waals surface area contributed by atoms with Crippen molar-refractivity contribution in [2.75, 3.05) is 57.4 Å². The Labute approximate surface area is 176 Å². The van der Waals surface area contributed by atoms with E-state index in [4.69, 9.17) is 4.74 Å². The van der Waals surface area contributed by atoms with Gasteiger partial charge < -0.3 is 15.0 Å². The Bertz CT molecular complexity index is 932. The molecule has 162 valence electrons. The molecule has 0 bridgehead atoms. The van der Waals surface area contributed by atoms with Crippen LogP contribution in [0.3, 0.4) is 0 Å². The number of fused-ring (bicyclic) bond motifs is 1. The van der Waals surface area contributed by atoms with E-state index in [1.165, 1.54) is 0 Å². The van der Waals surface area contributed by atoms with Gasteiger partial charge in [0.15, 0.2) is 11.5 Å². The summed E-state index contributed by atoms with van der Waals surface area (Å²) in [5.74, 6) is 0.568. The number of hydrogen-bond acceptors (Lipinski definition) is 7. The number of nitrogens with zero attached hydrogens (tertiary/aromatic N) is 5. The SMILES string of the molecule is Cn1c(=O)c(N2CCC(C(=O)NCCCN3CCOCC3)CC2)nc2cccnc21. The minimum Gasteiger partial charge on any atom is -0.379 e. The number of anilines is 1. The van der Waals surface area contributed by atoms with Gasteiger partial charge in [0.2, 0.25) is 5.91 Å². The van der Waals surface area contributed by atoms with E-state index < -0.39 is 0 Å². The molecule has 2 aromatic heterocycles. The van der Waals surface area contributed by atoms with Gasteiger partial charge in [0.1, 0.15) is 5.52 Å². The van der Waals surface area contributed by atoms with Gasteiger partial charge in [-0.3, -0.25) is 19.1 Å². The van der Waals surface area contributed by atoms with E-state index in [1.54, 1.807) is 17.8 Å². The number of hydrogen-bond donors (Lipinski definition) is 1. The smallest absolute Gasteiger partial charge is 0.294 e. The molecule has 2 aliphatic heterocycles. The monoisotopic (exact) mass is 414 g/mol. The largest absolute Gasteiger partial charge is 0.379 e. The van der Waals surface area contributed by atoms with Gasteiger partial charge in [-0.2, -0.15) is 0 Å². The minimum absolute atomic E-state index is 0.00406. The second kappa shape index (κ2) is 9.53. The summed E-state index contributed by atoms with van der Waals surface area (Å²) in [4.78, 5) is 38.4. The number of rotatable bonds is 6. The zero-order chi connectivity index (χ0) is 20.9. The Morgan fingerprint density at radius 3 is 2.77 bits per heavy atom. The molecular formula is C21H30N6O3. The standard InChI is InChI=1S/C21H30N6O3/c1-25-18-17(4-2-7-22-18)24-19(21(25)29)27-10-5-16(6-11-27)20(28)23-8-3-9-26-12-14-30-15-13-26/h2,4,7,16H,3,5-6,8-15H2,1H3,(H,23,28). The number of morpholine rings is 1. The summed E-state index contributed by atoms with van der Waals surface area (Å²) in [6.07, 6.45) is 4.07. The van der Waals surface area contributed by atoms with Crippen molar-refractivity contribution in [2.24, 2.45) is 13.0 Å². The van der Waals surface area contributed by atoms with Gasteiger partial charge in [-0.25, -0.2) is 9.97 Å². The average molecular weight is 415 g/mol. The maximum atomic E-state index is 12.7. The van der Waals surface area contributed by atoms with Crippen molar-refractivity contribution in [3.63, 3.8) is 0 Å². The maximum absolute atomic E-state index is 12.7. The van der Waals surface area contributed by atoms with Gasteiger partial charge in [-0.1, -0.05) is 0 Å². The van der Waals surface area contributed by atoms with E-state index in [2.05, 4.69) is 20.2 Å². The number of aromatic nitrogens is 3. The summed E-state index contributed by atoms with van der Waals surface area (Å²) in [6, 6.07) is 3.68. The molecule has 9 heteroatoms. The molecule has 2 aromatic rings. The quantitative estimate of drug-likeness (QED) is 0.684. The molecule has 0 atom stereocenters. The van der Waals surface area contributed by atoms with E-state index in [-0.39, 0.29) is 17.4 Å². The van der Waals surface area contributed by atoms with Crippen LogP contribution < -0.4 is 15.8 Å². The number of amides is 1. The van der Waals surface area contributed by atoms with Gasteiger partial charge in [0, 0.05) is 51.9 Å². The van der Waals surface area contributed by atoms with E-state index in [0.29, 0.717) is 36.6 Å². The molecule has 1 amide bonds. The second-order valence-electron chi connectivity index (χ2n) is 8.01. The minimum atomic E-state index is -0.146. The fourth-order valence-electron chi connectivity index (χ4n) is 4.19. The van der Waals surface area contributed by atoms with E-state index in [1.807, 2.05) is 17.0 Å². The number of pyridine rings is 1. The average Bonchev–Trinajstić information content (AvgIpc) is 2.80. The number of ether oxygens (including phenoxy) is 1. The lowest BCUT2D eigenvalue weighted by Crippen LogP contribution is -2.43. The summed E-state index contributed by atoms with van der Waals surface area (Å²) in [7, 11) is 1.72. The van der Waals surface area contributed by atoms with Crippen LogP contribution in [0.5, 0.6) is 0 Å². The number of carbonyl (C=O) groups is 1. The van der Waals surface area contributed by atoms with Crippen molar-refractivity contribution in [3.05, 3.63) is 28.7 Å². The van der Waals surface area contributed by atoms with Crippen LogP contribution in [0, 0.1) is 5.92 Å². The van der Waals surface area contributed by atoms with E-state index in [9.17, 15) is 9.59 Å². The molecule has 1 N–H and O–H groups in total. The van der Waals surface area contributed by atoms with E-state index >= 15 is 0 Å².